The summed E-state index contributed by atoms with van der Waals surface area (Å²) in [5, 5.41) is 3.46. The number of aryl methyl sites for hydroxylation is 1. The van der Waals surface area contributed by atoms with E-state index in [1.54, 1.807) is 0 Å². The standard InChI is InChI=1S/C12H20N2S/c1-9-3-6-11(15-9)7-14-8-12(2,13)10-4-5-10/h3,6,10,14H,4-5,7-8,13H2,1-2H3. The lowest BCUT2D eigenvalue weighted by Gasteiger charge is -2.24. The first-order valence-electron chi connectivity index (χ1n) is 5.63. The molecule has 1 aromatic rings. The fourth-order valence-corrected chi connectivity index (χ4v) is 2.78. The zero-order chi connectivity index (χ0) is 10.9. The first-order chi connectivity index (χ1) is 7.08. The molecule has 0 radical (unpaired) electrons. The first kappa shape index (κ1) is 11.1. The summed E-state index contributed by atoms with van der Waals surface area (Å²) in [7, 11) is 0. The molecule has 1 atom stereocenters. The molecule has 84 valence electrons. The zero-order valence-corrected chi connectivity index (χ0v) is 10.4. The van der Waals surface area contributed by atoms with E-state index >= 15 is 0 Å². The average Bonchev–Trinajstić information content (AvgIpc) is 2.92. The third kappa shape index (κ3) is 3.03. The minimum absolute atomic E-state index is 0.00763. The second-order valence-corrected chi connectivity index (χ2v) is 6.27. The third-order valence-corrected chi connectivity index (χ3v) is 4.11. The number of nitrogens with one attached hydrogen (secondary N) is 1. The lowest BCUT2D eigenvalue weighted by atomic mass is 9.97. The van der Waals surface area contributed by atoms with Gasteiger partial charge in [-0.25, -0.2) is 0 Å². The van der Waals surface area contributed by atoms with Crippen molar-refractivity contribution < 1.29 is 0 Å². The van der Waals surface area contributed by atoms with Gasteiger partial charge in [0.05, 0.1) is 0 Å². The van der Waals surface area contributed by atoms with E-state index in [-0.39, 0.29) is 5.54 Å². The van der Waals surface area contributed by atoms with Crippen LogP contribution in [-0.4, -0.2) is 12.1 Å². The van der Waals surface area contributed by atoms with Crippen molar-refractivity contribution in [3.05, 3.63) is 21.9 Å². The van der Waals surface area contributed by atoms with Gasteiger partial charge in [0.2, 0.25) is 0 Å². The second-order valence-electron chi connectivity index (χ2n) is 4.90. The van der Waals surface area contributed by atoms with Crippen LogP contribution in [-0.2, 0) is 6.54 Å². The van der Waals surface area contributed by atoms with E-state index < -0.39 is 0 Å². The van der Waals surface area contributed by atoms with Crippen LogP contribution in [0.3, 0.4) is 0 Å². The van der Waals surface area contributed by atoms with Gasteiger partial charge >= 0.3 is 0 Å². The summed E-state index contributed by atoms with van der Waals surface area (Å²) in [6, 6.07) is 4.36. The number of nitrogens with two attached hydrogens (primary N) is 1. The Balaban J connectivity index is 1.74. The minimum atomic E-state index is -0.00763. The summed E-state index contributed by atoms with van der Waals surface area (Å²) in [6.45, 7) is 6.19. The van der Waals surface area contributed by atoms with Crippen molar-refractivity contribution in [3.63, 3.8) is 0 Å². The molecule has 0 aliphatic heterocycles. The summed E-state index contributed by atoms with van der Waals surface area (Å²) in [6.07, 6.45) is 2.62. The molecule has 2 rings (SSSR count). The first-order valence-corrected chi connectivity index (χ1v) is 6.44. The number of hydrogen-bond donors (Lipinski definition) is 2. The maximum Gasteiger partial charge on any atom is 0.0300 e. The van der Waals surface area contributed by atoms with E-state index in [2.05, 4.69) is 31.3 Å². The third-order valence-electron chi connectivity index (χ3n) is 3.11. The van der Waals surface area contributed by atoms with Crippen LogP contribution >= 0.6 is 11.3 Å². The Morgan fingerprint density at radius 3 is 2.80 bits per heavy atom. The van der Waals surface area contributed by atoms with Crippen LogP contribution in [0.1, 0.15) is 29.5 Å². The predicted molar refractivity (Wildman–Crippen MR) is 66.1 cm³/mol. The van der Waals surface area contributed by atoms with Crippen molar-refractivity contribution in [1.82, 2.24) is 5.32 Å². The minimum Gasteiger partial charge on any atom is -0.324 e. The summed E-state index contributed by atoms with van der Waals surface area (Å²) in [5.41, 5.74) is 6.22. The van der Waals surface area contributed by atoms with Crippen LogP contribution in [0, 0.1) is 12.8 Å². The lowest BCUT2D eigenvalue weighted by molar-refractivity contribution is 0.380. The molecule has 0 aromatic carbocycles. The molecule has 2 nitrogen and oxygen atoms in total. The van der Waals surface area contributed by atoms with Gasteiger partial charge in [-0.15, -0.1) is 11.3 Å². The van der Waals surface area contributed by atoms with E-state index in [1.165, 1.54) is 22.6 Å². The Bertz CT molecular complexity index is 326. The molecule has 1 aromatic heterocycles. The molecule has 0 amide bonds. The van der Waals surface area contributed by atoms with Crippen molar-refractivity contribution in [3.8, 4) is 0 Å². The van der Waals surface area contributed by atoms with Gasteiger partial charge in [0, 0.05) is 28.4 Å². The fourth-order valence-electron chi connectivity index (χ4n) is 1.92. The number of rotatable bonds is 5. The molecule has 1 aliphatic carbocycles. The van der Waals surface area contributed by atoms with Crippen LogP contribution < -0.4 is 11.1 Å². The van der Waals surface area contributed by atoms with E-state index in [0.717, 1.165) is 19.0 Å². The van der Waals surface area contributed by atoms with Gasteiger partial charge in [0.1, 0.15) is 0 Å². The highest BCUT2D eigenvalue weighted by molar-refractivity contribution is 7.11. The molecule has 1 unspecified atom stereocenters. The quantitative estimate of drug-likeness (QED) is 0.805. The Labute approximate surface area is 95.9 Å². The number of thiophene rings is 1. The molecule has 3 N–H and O–H groups in total. The average molecular weight is 224 g/mol. The van der Waals surface area contributed by atoms with Crippen molar-refractivity contribution in [2.24, 2.45) is 11.7 Å². The predicted octanol–water partition coefficient (Wildman–Crippen LogP) is 2.27. The van der Waals surface area contributed by atoms with E-state index in [9.17, 15) is 0 Å². The van der Waals surface area contributed by atoms with Crippen molar-refractivity contribution in [2.45, 2.75) is 38.8 Å². The molecule has 15 heavy (non-hydrogen) atoms. The summed E-state index contributed by atoms with van der Waals surface area (Å²) in [5.74, 6) is 0.745. The van der Waals surface area contributed by atoms with Gasteiger partial charge in [-0.1, -0.05) is 0 Å². The highest BCUT2D eigenvalue weighted by atomic mass is 32.1. The Morgan fingerprint density at radius 1 is 1.53 bits per heavy atom. The fraction of sp³-hybridized carbons (Fsp3) is 0.667. The maximum absolute atomic E-state index is 6.23. The molecular formula is C12H20N2S. The summed E-state index contributed by atoms with van der Waals surface area (Å²) in [4.78, 5) is 2.78. The van der Waals surface area contributed by atoms with Crippen molar-refractivity contribution in [2.75, 3.05) is 6.54 Å². The molecular weight excluding hydrogens is 204 g/mol. The van der Waals surface area contributed by atoms with E-state index in [4.69, 9.17) is 5.73 Å². The second kappa shape index (κ2) is 4.24. The lowest BCUT2D eigenvalue weighted by Crippen LogP contribution is -2.47. The molecule has 1 heterocycles. The van der Waals surface area contributed by atoms with E-state index in [1.807, 2.05) is 11.3 Å². The topological polar surface area (TPSA) is 38.0 Å². The van der Waals surface area contributed by atoms with Gasteiger partial charge in [0.25, 0.3) is 0 Å². The SMILES string of the molecule is Cc1ccc(CNCC(C)(N)C2CC2)s1. The maximum atomic E-state index is 6.23. The normalized spacial score (nSPS) is 20.2. The van der Waals surface area contributed by atoms with Crippen molar-refractivity contribution in [1.29, 1.82) is 0 Å². The van der Waals surface area contributed by atoms with Gasteiger partial charge in [-0.05, 0) is 44.7 Å². The molecule has 1 aliphatic rings. The summed E-state index contributed by atoms with van der Waals surface area (Å²) < 4.78 is 0. The van der Waals surface area contributed by atoms with Crippen LogP contribution in [0.2, 0.25) is 0 Å². The van der Waals surface area contributed by atoms with Gasteiger partial charge in [-0.3, -0.25) is 0 Å². The highest BCUT2D eigenvalue weighted by Crippen LogP contribution is 2.37. The largest absolute Gasteiger partial charge is 0.324 e. The molecule has 0 bridgehead atoms. The monoisotopic (exact) mass is 224 g/mol. The number of hydrogen-bond acceptors (Lipinski definition) is 3. The Hall–Kier alpha value is -0.380. The van der Waals surface area contributed by atoms with Crippen LogP contribution in [0.15, 0.2) is 12.1 Å². The molecule has 3 heteroatoms. The van der Waals surface area contributed by atoms with E-state index in [0.29, 0.717) is 0 Å². The summed E-state index contributed by atoms with van der Waals surface area (Å²) >= 11 is 1.86. The Kier molecular flexibility index (Phi) is 3.14. The van der Waals surface area contributed by atoms with Crippen LogP contribution in [0.5, 0.6) is 0 Å². The van der Waals surface area contributed by atoms with Gasteiger partial charge in [-0.2, -0.15) is 0 Å². The Morgan fingerprint density at radius 2 is 2.27 bits per heavy atom. The highest BCUT2D eigenvalue weighted by Gasteiger charge is 2.37. The molecule has 1 fully saturated rings. The van der Waals surface area contributed by atoms with Gasteiger partial charge < -0.3 is 11.1 Å². The van der Waals surface area contributed by atoms with Crippen LogP contribution in [0.4, 0.5) is 0 Å². The smallest absolute Gasteiger partial charge is 0.0300 e. The van der Waals surface area contributed by atoms with Crippen LogP contribution in [0.25, 0.3) is 0 Å². The molecule has 1 saturated carbocycles. The van der Waals surface area contributed by atoms with Crippen molar-refractivity contribution >= 4 is 11.3 Å². The van der Waals surface area contributed by atoms with Gasteiger partial charge in [0.15, 0.2) is 0 Å². The molecule has 0 saturated heterocycles. The molecule has 0 spiro atoms. The zero-order valence-electron chi connectivity index (χ0n) is 9.55.